The maximum atomic E-state index is 12.5. The second-order valence-corrected chi connectivity index (χ2v) is 6.72. The van der Waals surface area contributed by atoms with E-state index in [2.05, 4.69) is 32.6 Å². The number of hydrogen-bond donors (Lipinski definition) is 2. The lowest BCUT2D eigenvalue weighted by Crippen LogP contribution is -2.47. The zero-order valence-corrected chi connectivity index (χ0v) is 13.7. The first-order valence-electron chi connectivity index (χ1n) is 8.86. The summed E-state index contributed by atoms with van der Waals surface area (Å²) in [6.45, 7) is 0.769. The van der Waals surface area contributed by atoms with Crippen molar-refractivity contribution in [2.45, 2.75) is 50.5 Å². The Kier molecular flexibility index (Phi) is 4.19. The summed E-state index contributed by atoms with van der Waals surface area (Å²) < 4.78 is 0. The van der Waals surface area contributed by atoms with E-state index in [0.29, 0.717) is 11.9 Å². The first-order chi connectivity index (χ1) is 11.8. The number of nitrogens with zero attached hydrogens (tertiary/aromatic N) is 3. The second kappa shape index (κ2) is 6.63. The Bertz CT molecular complexity index is 692. The number of nitrogens with one attached hydrogen (secondary N) is 2. The maximum absolute atomic E-state index is 12.5. The molecular formula is C18H23N5O. The number of aromatic nitrogens is 3. The predicted octanol–water partition coefficient (Wildman–Crippen LogP) is 3.83. The second-order valence-electron chi connectivity index (χ2n) is 6.72. The molecule has 126 valence electrons. The van der Waals surface area contributed by atoms with Gasteiger partial charge < -0.3 is 4.90 Å². The van der Waals surface area contributed by atoms with Crippen LogP contribution >= 0.6 is 0 Å². The Hall–Kier alpha value is -2.37. The van der Waals surface area contributed by atoms with Crippen LogP contribution in [0.1, 0.15) is 61.9 Å². The molecule has 1 aromatic carbocycles. The molecule has 1 saturated heterocycles. The lowest BCUT2D eigenvalue weighted by atomic mass is 9.89. The number of carbonyl (C=O) groups excluding carboxylic acids is 1. The Morgan fingerprint density at radius 3 is 2.62 bits per heavy atom. The zero-order valence-electron chi connectivity index (χ0n) is 13.7. The van der Waals surface area contributed by atoms with Gasteiger partial charge in [-0.15, -0.1) is 5.10 Å². The molecule has 2 N–H and O–H groups in total. The number of benzene rings is 1. The molecule has 1 aliphatic carbocycles. The lowest BCUT2D eigenvalue weighted by Gasteiger charge is -2.40. The van der Waals surface area contributed by atoms with Gasteiger partial charge in [0.05, 0.1) is 6.04 Å². The number of H-pyrrole nitrogens is 1. The van der Waals surface area contributed by atoms with Crippen molar-refractivity contribution in [3.63, 3.8) is 0 Å². The fourth-order valence-corrected chi connectivity index (χ4v) is 3.71. The standard InChI is InChI=1S/C18H23N5O/c24-18(23-12-11-15(23)13-7-3-1-4-8-13)20-17-19-16(21-22-17)14-9-5-2-6-10-14/h1,3-4,7-8,14-15H,2,5-6,9-12H2,(H2,19,20,21,22,24)/t15-/m0/s1. The summed E-state index contributed by atoms with van der Waals surface area (Å²) >= 11 is 0. The molecule has 1 aliphatic heterocycles. The molecule has 2 fully saturated rings. The molecule has 2 amide bonds. The van der Waals surface area contributed by atoms with Crippen LogP contribution in [0.5, 0.6) is 0 Å². The van der Waals surface area contributed by atoms with E-state index >= 15 is 0 Å². The van der Waals surface area contributed by atoms with Crippen molar-refractivity contribution in [2.24, 2.45) is 0 Å². The van der Waals surface area contributed by atoms with Crippen LogP contribution in [-0.2, 0) is 0 Å². The minimum absolute atomic E-state index is 0.121. The van der Waals surface area contributed by atoms with E-state index < -0.39 is 0 Å². The topological polar surface area (TPSA) is 73.9 Å². The van der Waals surface area contributed by atoms with E-state index in [1.165, 1.54) is 24.8 Å². The zero-order chi connectivity index (χ0) is 16.4. The third-order valence-electron chi connectivity index (χ3n) is 5.18. The SMILES string of the molecule is O=C(Nc1n[nH]c(C2CCCCC2)n1)N1CC[C@H]1c1ccccc1. The summed E-state index contributed by atoms with van der Waals surface area (Å²) in [6, 6.07) is 10.2. The van der Waals surface area contributed by atoms with Crippen molar-refractivity contribution < 1.29 is 4.79 Å². The highest BCUT2D eigenvalue weighted by Gasteiger charge is 2.33. The minimum atomic E-state index is -0.121. The minimum Gasteiger partial charge on any atom is -0.317 e. The van der Waals surface area contributed by atoms with Crippen LogP contribution in [0.25, 0.3) is 0 Å². The summed E-state index contributed by atoms with van der Waals surface area (Å²) in [5, 5.41) is 10.0. The highest BCUT2D eigenvalue weighted by atomic mass is 16.2. The van der Waals surface area contributed by atoms with Crippen molar-refractivity contribution in [3.8, 4) is 0 Å². The van der Waals surface area contributed by atoms with Crippen LogP contribution in [0.2, 0.25) is 0 Å². The fraction of sp³-hybridized carbons (Fsp3) is 0.500. The normalized spacial score (nSPS) is 21.3. The van der Waals surface area contributed by atoms with E-state index in [1.807, 2.05) is 23.1 Å². The van der Waals surface area contributed by atoms with Crippen molar-refractivity contribution in [3.05, 3.63) is 41.7 Å². The molecule has 6 heteroatoms. The van der Waals surface area contributed by atoms with Gasteiger partial charge in [-0.25, -0.2) is 4.79 Å². The Labute approximate surface area is 141 Å². The highest BCUT2D eigenvalue weighted by molar-refractivity contribution is 5.88. The van der Waals surface area contributed by atoms with Crippen LogP contribution in [0.4, 0.5) is 10.7 Å². The Morgan fingerprint density at radius 1 is 1.12 bits per heavy atom. The third-order valence-corrected chi connectivity index (χ3v) is 5.18. The molecule has 0 unspecified atom stereocenters. The molecule has 24 heavy (non-hydrogen) atoms. The molecular weight excluding hydrogens is 302 g/mol. The monoisotopic (exact) mass is 325 g/mol. The van der Waals surface area contributed by atoms with Gasteiger partial charge in [0.15, 0.2) is 0 Å². The number of rotatable bonds is 3. The van der Waals surface area contributed by atoms with Gasteiger partial charge in [-0.3, -0.25) is 10.4 Å². The molecule has 1 atom stereocenters. The van der Waals surface area contributed by atoms with E-state index in [4.69, 9.17) is 0 Å². The molecule has 2 heterocycles. The lowest BCUT2D eigenvalue weighted by molar-refractivity contribution is 0.126. The number of urea groups is 1. The van der Waals surface area contributed by atoms with Crippen LogP contribution in [0.3, 0.4) is 0 Å². The van der Waals surface area contributed by atoms with E-state index in [-0.39, 0.29) is 12.1 Å². The quantitative estimate of drug-likeness (QED) is 0.900. The van der Waals surface area contributed by atoms with E-state index in [0.717, 1.165) is 31.6 Å². The highest BCUT2D eigenvalue weighted by Crippen LogP contribution is 2.34. The number of aromatic amines is 1. The molecule has 1 aromatic heterocycles. The summed E-state index contributed by atoms with van der Waals surface area (Å²) in [4.78, 5) is 18.8. The molecule has 2 aromatic rings. The van der Waals surface area contributed by atoms with Crippen molar-refractivity contribution in [1.82, 2.24) is 20.1 Å². The summed E-state index contributed by atoms with van der Waals surface area (Å²) in [6.07, 6.45) is 7.12. The molecule has 0 radical (unpaired) electrons. The van der Waals surface area contributed by atoms with E-state index in [1.54, 1.807) is 0 Å². The Morgan fingerprint density at radius 2 is 1.92 bits per heavy atom. The average Bonchev–Trinajstić information content (AvgIpc) is 3.04. The first kappa shape index (κ1) is 15.2. The van der Waals surface area contributed by atoms with Gasteiger partial charge in [-0.05, 0) is 24.8 Å². The molecule has 4 rings (SSSR count). The van der Waals surface area contributed by atoms with Gasteiger partial charge in [0, 0.05) is 12.5 Å². The first-order valence-corrected chi connectivity index (χ1v) is 8.86. The van der Waals surface area contributed by atoms with Crippen molar-refractivity contribution >= 4 is 12.0 Å². The fourth-order valence-electron chi connectivity index (χ4n) is 3.71. The van der Waals surface area contributed by atoms with Crippen LogP contribution in [0, 0.1) is 0 Å². The summed E-state index contributed by atoms with van der Waals surface area (Å²) in [7, 11) is 0. The van der Waals surface area contributed by atoms with Gasteiger partial charge in [0.2, 0.25) is 5.95 Å². The van der Waals surface area contributed by atoms with Crippen LogP contribution in [0.15, 0.2) is 30.3 Å². The number of anilines is 1. The van der Waals surface area contributed by atoms with Crippen LogP contribution < -0.4 is 5.32 Å². The molecule has 1 saturated carbocycles. The van der Waals surface area contributed by atoms with Crippen molar-refractivity contribution in [1.29, 1.82) is 0 Å². The number of likely N-dealkylation sites (tertiary alicyclic amines) is 1. The maximum Gasteiger partial charge on any atom is 0.324 e. The number of amides is 2. The molecule has 6 nitrogen and oxygen atoms in total. The Balaban J connectivity index is 1.39. The van der Waals surface area contributed by atoms with Crippen molar-refractivity contribution in [2.75, 3.05) is 11.9 Å². The predicted molar refractivity (Wildman–Crippen MR) is 91.7 cm³/mol. The number of hydrogen-bond acceptors (Lipinski definition) is 3. The molecule has 0 bridgehead atoms. The molecule has 0 spiro atoms. The van der Waals surface area contributed by atoms with Gasteiger partial charge in [-0.1, -0.05) is 49.6 Å². The van der Waals surface area contributed by atoms with E-state index in [9.17, 15) is 4.79 Å². The van der Waals surface area contributed by atoms with Crippen LogP contribution in [-0.4, -0.2) is 32.7 Å². The largest absolute Gasteiger partial charge is 0.324 e. The van der Waals surface area contributed by atoms with Gasteiger partial charge >= 0.3 is 6.03 Å². The van der Waals surface area contributed by atoms with Gasteiger partial charge in [0.1, 0.15) is 5.82 Å². The average molecular weight is 325 g/mol. The van der Waals surface area contributed by atoms with Gasteiger partial charge in [-0.2, -0.15) is 4.98 Å². The smallest absolute Gasteiger partial charge is 0.317 e. The number of carbonyl (C=O) groups is 1. The summed E-state index contributed by atoms with van der Waals surface area (Å²) in [5.41, 5.74) is 1.18. The van der Waals surface area contributed by atoms with Gasteiger partial charge in [0.25, 0.3) is 0 Å². The summed E-state index contributed by atoms with van der Waals surface area (Å²) in [5.74, 6) is 1.76. The molecule has 2 aliphatic rings. The third kappa shape index (κ3) is 3.00.